The minimum absolute atomic E-state index is 0.0110. The molecule has 1 heterocycles. The van der Waals surface area contributed by atoms with Crippen molar-refractivity contribution >= 4 is 17.5 Å². The van der Waals surface area contributed by atoms with E-state index in [-0.39, 0.29) is 29.4 Å². The number of benzene rings is 2. The molecule has 0 aromatic heterocycles. The Morgan fingerprint density at radius 2 is 1.66 bits per heavy atom. The number of aromatic hydroxyl groups is 1. The summed E-state index contributed by atoms with van der Waals surface area (Å²) in [4.78, 5) is 29.0. The van der Waals surface area contributed by atoms with Gasteiger partial charge in [0.1, 0.15) is 11.8 Å². The first-order valence-electron chi connectivity index (χ1n) is 13.3. The van der Waals surface area contributed by atoms with Gasteiger partial charge in [0, 0.05) is 18.7 Å². The summed E-state index contributed by atoms with van der Waals surface area (Å²) in [6.07, 6.45) is 6.48. The van der Waals surface area contributed by atoms with Crippen LogP contribution in [0.1, 0.15) is 113 Å². The number of para-hydroxylation sites is 1. The summed E-state index contributed by atoms with van der Waals surface area (Å²) < 4.78 is 0. The van der Waals surface area contributed by atoms with Crippen molar-refractivity contribution in [2.45, 2.75) is 97.4 Å². The zero-order chi connectivity index (χ0) is 25.5. The highest BCUT2D eigenvalue weighted by molar-refractivity contribution is 5.99. The summed E-state index contributed by atoms with van der Waals surface area (Å²) in [5.74, 6) is 0.392. The molecule has 1 unspecified atom stereocenters. The zero-order valence-electron chi connectivity index (χ0n) is 22.1. The maximum atomic E-state index is 13.9. The van der Waals surface area contributed by atoms with Crippen molar-refractivity contribution in [3.05, 3.63) is 58.7 Å². The van der Waals surface area contributed by atoms with Gasteiger partial charge < -0.3 is 15.3 Å². The third kappa shape index (κ3) is 6.45. The number of unbranched alkanes of at least 4 members (excludes halogenated alkanes) is 4. The van der Waals surface area contributed by atoms with Gasteiger partial charge in [-0.1, -0.05) is 84.6 Å². The van der Waals surface area contributed by atoms with Crippen LogP contribution < -0.4 is 5.32 Å². The summed E-state index contributed by atoms with van der Waals surface area (Å²) in [6, 6.07) is 10.6. The molecular weight excluding hydrogens is 436 g/mol. The largest absolute Gasteiger partial charge is 0.508 e. The first kappa shape index (κ1) is 26.8. The van der Waals surface area contributed by atoms with Gasteiger partial charge in [-0.25, -0.2) is 0 Å². The molecule has 2 amide bonds. The number of nitrogens with one attached hydrogen (secondary N) is 1. The number of carbonyl (C=O) groups excluding carboxylic acids is 2. The second kappa shape index (κ2) is 12.2. The average Bonchev–Trinajstić information content (AvgIpc) is 2.82. The highest BCUT2D eigenvalue weighted by atomic mass is 16.3. The fourth-order valence-corrected chi connectivity index (χ4v) is 5.06. The van der Waals surface area contributed by atoms with Crippen molar-refractivity contribution in [2.75, 3.05) is 11.9 Å². The molecule has 1 atom stereocenters. The lowest BCUT2D eigenvalue weighted by Crippen LogP contribution is -2.45. The SMILES string of the molecule is CCCCCCCC(=O)N1CCc2ccc(O)cc2C1C(=O)Nc1c(C(C)C)cccc1C(C)C. The quantitative estimate of drug-likeness (QED) is 0.359. The lowest BCUT2D eigenvalue weighted by Gasteiger charge is -2.37. The molecule has 0 fully saturated rings. The molecule has 0 bridgehead atoms. The van der Waals surface area contributed by atoms with E-state index < -0.39 is 6.04 Å². The number of carbonyl (C=O) groups is 2. The second-order valence-electron chi connectivity index (χ2n) is 10.4. The van der Waals surface area contributed by atoms with Gasteiger partial charge in [-0.3, -0.25) is 9.59 Å². The Balaban J connectivity index is 1.93. The molecule has 190 valence electrons. The molecule has 0 saturated carbocycles. The number of hydrogen-bond acceptors (Lipinski definition) is 3. The van der Waals surface area contributed by atoms with Crippen LogP contribution in [0, 0.1) is 0 Å². The zero-order valence-corrected chi connectivity index (χ0v) is 22.1. The Morgan fingerprint density at radius 3 is 2.29 bits per heavy atom. The van der Waals surface area contributed by atoms with E-state index >= 15 is 0 Å². The number of nitrogens with zero attached hydrogens (tertiary/aromatic N) is 1. The van der Waals surface area contributed by atoms with Crippen LogP contribution in [0.2, 0.25) is 0 Å². The van der Waals surface area contributed by atoms with Gasteiger partial charge in [0.25, 0.3) is 5.91 Å². The van der Waals surface area contributed by atoms with Crippen molar-refractivity contribution in [1.82, 2.24) is 4.90 Å². The summed E-state index contributed by atoms with van der Waals surface area (Å²) in [7, 11) is 0. The Kier molecular flexibility index (Phi) is 9.36. The van der Waals surface area contributed by atoms with Crippen molar-refractivity contribution in [1.29, 1.82) is 0 Å². The van der Waals surface area contributed by atoms with Crippen molar-refractivity contribution < 1.29 is 14.7 Å². The molecule has 2 aromatic rings. The molecule has 5 heteroatoms. The maximum absolute atomic E-state index is 13.9. The smallest absolute Gasteiger partial charge is 0.251 e. The molecule has 0 radical (unpaired) electrons. The fraction of sp³-hybridized carbons (Fsp3) is 0.533. The first-order chi connectivity index (χ1) is 16.7. The van der Waals surface area contributed by atoms with E-state index in [1.54, 1.807) is 17.0 Å². The van der Waals surface area contributed by atoms with Crippen LogP contribution in [0.5, 0.6) is 5.75 Å². The molecule has 2 N–H and O–H groups in total. The molecule has 3 rings (SSSR count). The molecule has 1 aliphatic rings. The van der Waals surface area contributed by atoms with Gasteiger partial charge in [-0.15, -0.1) is 0 Å². The van der Waals surface area contributed by atoms with Gasteiger partial charge in [0.05, 0.1) is 0 Å². The van der Waals surface area contributed by atoms with E-state index in [1.165, 1.54) is 12.8 Å². The molecule has 2 aromatic carbocycles. The molecule has 5 nitrogen and oxygen atoms in total. The fourth-order valence-electron chi connectivity index (χ4n) is 5.06. The van der Waals surface area contributed by atoms with E-state index in [2.05, 4.69) is 52.1 Å². The van der Waals surface area contributed by atoms with Crippen LogP contribution in [0.3, 0.4) is 0 Å². The maximum Gasteiger partial charge on any atom is 0.251 e. The summed E-state index contributed by atoms with van der Waals surface area (Å²) in [5.41, 5.74) is 4.76. The molecular formula is C30H42N2O3. The number of rotatable bonds is 10. The van der Waals surface area contributed by atoms with Crippen LogP contribution in [0.4, 0.5) is 5.69 Å². The van der Waals surface area contributed by atoms with Gasteiger partial charge >= 0.3 is 0 Å². The Bertz CT molecular complexity index is 1000. The number of fused-ring (bicyclic) bond motifs is 1. The number of hydrogen-bond donors (Lipinski definition) is 2. The third-order valence-electron chi connectivity index (χ3n) is 7.04. The normalized spacial score (nSPS) is 15.4. The lowest BCUT2D eigenvalue weighted by atomic mass is 9.89. The number of amides is 2. The van der Waals surface area contributed by atoms with E-state index in [9.17, 15) is 14.7 Å². The van der Waals surface area contributed by atoms with E-state index in [0.29, 0.717) is 19.4 Å². The van der Waals surface area contributed by atoms with Crippen molar-refractivity contribution in [3.8, 4) is 5.75 Å². The summed E-state index contributed by atoms with van der Waals surface area (Å²) in [6.45, 7) is 11.2. The molecule has 0 spiro atoms. The Hall–Kier alpha value is -2.82. The highest BCUT2D eigenvalue weighted by Crippen LogP contribution is 2.37. The highest BCUT2D eigenvalue weighted by Gasteiger charge is 2.36. The number of anilines is 1. The summed E-state index contributed by atoms with van der Waals surface area (Å²) in [5, 5.41) is 13.5. The monoisotopic (exact) mass is 478 g/mol. The molecule has 0 aliphatic carbocycles. The standard InChI is InChI=1S/C30H42N2O3/c1-6-7-8-9-10-14-27(34)32-18-17-22-15-16-23(33)19-26(22)29(32)30(35)31-28-24(20(2)3)12-11-13-25(28)21(4)5/h11-13,15-16,19-21,29,33H,6-10,14,17-18H2,1-5H3,(H,31,35). The van der Waals surface area contributed by atoms with Crippen LogP contribution in [0.15, 0.2) is 36.4 Å². The minimum atomic E-state index is -0.755. The van der Waals surface area contributed by atoms with E-state index in [0.717, 1.165) is 47.2 Å². The Morgan fingerprint density at radius 1 is 1.00 bits per heavy atom. The van der Waals surface area contributed by atoms with Crippen LogP contribution in [-0.4, -0.2) is 28.4 Å². The number of phenolic OH excluding ortho intramolecular Hbond substituents is 1. The molecule has 0 saturated heterocycles. The number of phenols is 1. The van der Waals surface area contributed by atoms with Crippen LogP contribution in [0.25, 0.3) is 0 Å². The average molecular weight is 479 g/mol. The van der Waals surface area contributed by atoms with Crippen LogP contribution in [-0.2, 0) is 16.0 Å². The van der Waals surface area contributed by atoms with Crippen LogP contribution >= 0.6 is 0 Å². The lowest BCUT2D eigenvalue weighted by molar-refractivity contribution is -0.139. The third-order valence-corrected chi connectivity index (χ3v) is 7.04. The van der Waals surface area contributed by atoms with Gasteiger partial charge in [-0.05, 0) is 59.1 Å². The second-order valence-corrected chi connectivity index (χ2v) is 10.4. The predicted molar refractivity (Wildman–Crippen MR) is 143 cm³/mol. The minimum Gasteiger partial charge on any atom is -0.508 e. The van der Waals surface area contributed by atoms with Gasteiger partial charge in [0.15, 0.2) is 0 Å². The van der Waals surface area contributed by atoms with Gasteiger partial charge in [-0.2, -0.15) is 0 Å². The van der Waals surface area contributed by atoms with Crippen molar-refractivity contribution in [2.24, 2.45) is 0 Å². The van der Waals surface area contributed by atoms with E-state index in [4.69, 9.17) is 0 Å². The van der Waals surface area contributed by atoms with Crippen molar-refractivity contribution in [3.63, 3.8) is 0 Å². The topological polar surface area (TPSA) is 69.6 Å². The summed E-state index contributed by atoms with van der Waals surface area (Å²) >= 11 is 0. The molecule has 1 aliphatic heterocycles. The van der Waals surface area contributed by atoms with E-state index in [1.807, 2.05) is 12.1 Å². The first-order valence-corrected chi connectivity index (χ1v) is 13.3. The molecule has 35 heavy (non-hydrogen) atoms. The van der Waals surface area contributed by atoms with Gasteiger partial charge in [0.2, 0.25) is 5.91 Å². The Labute approximate surface area is 210 Å². The predicted octanol–water partition coefficient (Wildman–Crippen LogP) is 7.06.